The molecule has 0 saturated carbocycles. The van der Waals surface area contributed by atoms with Crippen molar-refractivity contribution >= 4 is 11.8 Å². The average molecular weight is 442 g/mol. The summed E-state index contributed by atoms with van der Waals surface area (Å²) in [6, 6.07) is 1.91. The van der Waals surface area contributed by atoms with Gasteiger partial charge in [-0.2, -0.15) is 0 Å². The molecule has 8 nitrogen and oxygen atoms in total. The molecule has 1 aromatic heterocycles. The SMILES string of the molecule is CC=CCN1CC(c2ncc(C(=O)N3CCN(C)CC3)cc2OC)C2CC(C)NC2C1=O. The number of fused-ring (bicyclic) bond motifs is 1. The molecule has 4 atom stereocenters. The second kappa shape index (κ2) is 9.58. The van der Waals surface area contributed by atoms with Gasteiger partial charge in [-0.25, -0.2) is 0 Å². The van der Waals surface area contributed by atoms with E-state index in [2.05, 4.69) is 24.2 Å². The number of likely N-dealkylation sites (N-methyl/N-ethyl adjacent to an activating group) is 1. The number of nitrogens with zero attached hydrogens (tertiary/aromatic N) is 4. The smallest absolute Gasteiger partial charge is 0.255 e. The first-order chi connectivity index (χ1) is 15.4. The maximum absolute atomic E-state index is 13.1. The maximum atomic E-state index is 13.1. The average Bonchev–Trinajstić information content (AvgIpc) is 3.20. The van der Waals surface area contributed by atoms with E-state index < -0.39 is 0 Å². The summed E-state index contributed by atoms with van der Waals surface area (Å²) in [5.74, 6) is 1.02. The molecule has 3 aliphatic heterocycles. The molecule has 3 aliphatic rings. The molecule has 1 N–H and O–H groups in total. The fourth-order valence-electron chi connectivity index (χ4n) is 5.25. The Morgan fingerprint density at radius 2 is 2.06 bits per heavy atom. The standard InChI is InChI=1S/C24H35N5O3/c1-5-6-7-29-15-19(18-12-16(2)26-22(18)24(29)31)21-20(32-4)13-17(14-25-21)23(30)28-10-8-27(3)9-11-28/h5-6,13-14,16,18-19,22,26H,7-12,15H2,1-4H3. The van der Waals surface area contributed by atoms with E-state index in [0.29, 0.717) is 24.4 Å². The minimum absolute atomic E-state index is 0.00184. The lowest BCUT2D eigenvalue weighted by Crippen LogP contribution is -2.55. The molecule has 4 heterocycles. The number of methoxy groups -OCH3 is 1. The van der Waals surface area contributed by atoms with Crippen molar-refractivity contribution in [2.75, 3.05) is 53.4 Å². The van der Waals surface area contributed by atoms with Crippen molar-refractivity contribution in [3.8, 4) is 5.75 Å². The zero-order chi connectivity index (χ0) is 22.8. The van der Waals surface area contributed by atoms with Crippen molar-refractivity contribution in [1.29, 1.82) is 0 Å². The zero-order valence-electron chi connectivity index (χ0n) is 19.6. The summed E-state index contributed by atoms with van der Waals surface area (Å²) in [6.45, 7) is 8.48. The summed E-state index contributed by atoms with van der Waals surface area (Å²) in [7, 11) is 3.70. The third-order valence-electron chi connectivity index (χ3n) is 7.08. The number of nitrogens with one attached hydrogen (secondary N) is 1. The van der Waals surface area contributed by atoms with Gasteiger partial charge >= 0.3 is 0 Å². The van der Waals surface area contributed by atoms with Crippen LogP contribution in [-0.4, -0.2) is 97.0 Å². The van der Waals surface area contributed by atoms with Gasteiger partial charge in [-0.15, -0.1) is 0 Å². The molecule has 0 aliphatic carbocycles. The highest BCUT2D eigenvalue weighted by Crippen LogP contribution is 2.42. The van der Waals surface area contributed by atoms with E-state index in [1.165, 1.54) is 0 Å². The van der Waals surface area contributed by atoms with E-state index in [0.717, 1.165) is 38.3 Å². The molecule has 0 aromatic carbocycles. The lowest BCUT2D eigenvalue weighted by Gasteiger charge is -2.40. The van der Waals surface area contributed by atoms with Crippen LogP contribution in [0.25, 0.3) is 0 Å². The summed E-state index contributed by atoms with van der Waals surface area (Å²) in [5.41, 5.74) is 1.40. The predicted molar refractivity (Wildman–Crippen MR) is 123 cm³/mol. The quantitative estimate of drug-likeness (QED) is 0.695. The number of ether oxygens (including phenoxy) is 1. The fraction of sp³-hybridized carbons (Fsp3) is 0.625. The molecular weight excluding hydrogens is 406 g/mol. The Kier molecular flexibility index (Phi) is 6.81. The van der Waals surface area contributed by atoms with Crippen LogP contribution in [0.15, 0.2) is 24.4 Å². The lowest BCUT2D eigenvalue weighted by molar-refractivity contribution is -0.137. The Hall–Kier alpha value is -2.45. The van der Waals surface area contributed by atoms with Crippen molar-refractivity contribution < 1.29 is 14.3 Å². The highest BCUT2D eigenvalue weighted by atomic mass is 16.5. The Balaban J connectivity index is 1.61. The van der Waals surface area contributed by atoms with E-state index in [4.69, 9.17) is 9.72 Å². The number of rotatable bonds is 5. The Morgan fingerprint density at radius 3 is 2.75 bits per heavy atom. The molecule has 3 saturated heterocycles. The van der Waals surface area contributed by atoms with Crippen LogP contribution >= 0.6 is 0 Å². The number of carbonyl (C=O) groups is 2. The van der Waals surface area contributed by atoms with Crippen LogP contribution in [0.1, 0.15) is 42.2 Å². The van der Waals surface area contributed by atoms with Gasteiger partial charge in [0.1, 0.15) is 5.75 Å². The van der Waals surface area contributed by atoms with Gasteiger partial charge in [-0.05, 0) is 39.3 Å². The van der Waals surface area contributed by atoms with E-state index >= 15 is 0 Å². The van der Waals surface area contributed by atoms with Crippen molar-refractivity contribution in [2.24, 2.45) is 5.92 Å². The summed E-state index contributed by atoms with van der Waals surface area (Å²) in [4.78, 5) is 36.9. The number of piperazine rings is 1. The second-order valence-corrected chi connectivity index (χ2v) is 9.27. The Labute approximate surface area is 190 Å². The predicted octanol–water partition coefficient (Wildman–Crippen LogP) is 1.35. The molecule has 0 radical (unpaired) electrons. The van der Waals surface area contributed by atoms with Crippen LogP contribution < -0.4 is 10.1 Å². The van der Waals surface area contributed by atoms with E-state index in [9.17, 15) is 9.59 Å². The number of piperidine rings is 1. The number of hydrogen-bond acceptors (Lipinski definition) is 6. The molecule has 0 bridgehead atoms. The molecule has 3 fully saturated rings. The number of aromatic nitrogens is 1. The van der Waals surface area contributed by atoms with Gasteiger partial charge in [0.25, 0.3) is 5.91 Å². The maximum Gasteiger partial charge on any atom is 0.255 e. The summed E-state index contributed by atoms with van der Waals surface area (Å²) < 4.78 is 5.73. The third-order valence-corrected chi connectivity index (χ3v) is 7.08. The molecule has 1 aromatic rings. The molecule has 4 rings (SSSR count). The van der Waals surface area contributed by atoms with Crippen molar-refractivity contribution in [1.82, 2.24) is 25.0 Å². The number of amides is 2. The van der Waals surface area contributed by atoms with Gasteiger partial charge in [0, 0.05) is 57.4 Å². The topological polar surface area (TPSA) is 78.0 Å². The monoisotopic (exact) mass is 441 g/mol. The molecular formula is C24H35N5O3. The van der Waals surface area contributed by atoms with Gasteiger partial charge in [0.05, 0.1) is 24.4 Å². The van der Waals surface area contributed by atoms with Gasteiger partial charge in [-0.1, -0.05) is 12.2 Å². The normalized spacial score (nSPS) is 28.9. The number of pyridine rings is 1. The number of likely N-dealkylation sites (tertiary alicyclic amines) is 1. The Bertz CT molecular complexity index is 880. The van der Waals surface area contributed by atoms with Crippen LogP contribution in [0.2, 0.25) is 0 Å². The first-order valence-electron chi connectivity index (χ1n) is 11.6. The van der Waals surface area contributed by atoms with E-state index in [1.54, 1.807) is 13.3 Å². The van der Waals surface area contributed by atoms with Gasteiger partial charge in [0.15, 0.2) is 0 Å². The fourth-order valence-corrected chi connectivity index (χ4v) is 5.25. The third kappa shape index (κ3) is 4.38. The summed E-state index contributed by atoms with van der Waals surface area (Å²) in [5, 5.41) is 3.48. The van der Waals surface area contributed by atoms with Gasteiger partial charge < -0.3 is 24.8 Å². The lowest BCUT2D eigenvalue weighted by atomic mass is 9.78. The number of carbonyl (C=O) groups excluding carboxylic acids is 2. The zero-order valence-corrected chi connectivity index (χ0v) is 19.6. The molecule has 2 amide bonds. The van der Waals surface area contributed by atoms with Gasteiger partial charge in [0.2, 0.25) is 5.91 Å². The van der Waals surface area contributed by atoms with Crippen molar-refractivity contribution in [2.45, 2.75) is 38.3 Å². The van der Waals surface area contributed by atoms with E-state index in [1.807, 2.05) is 34.9 Å². The first kappa shape index (κ1) is 22.7. The molecule has 32 heavy (non-hydrogen) atoms. The summed E-state index contributed by atoms with van der Waals surface area (Å²) in [6.07, 6.45) is 6.59. The first-order valence-corrected chi connectivity index (χ1v) is 11.6. The largest absolute Gasteiger partial charge is 0.495 e. The van der Waals surface area contributed by atoms with Crippen LogP contribution in [-0.2, 0) is 4.79 Å². The molecule has 174 valence electrons. The van der Waals surface area contributed by atoms with Crippen molar-refractivity contribution in [3.05, 3.63) is 35.7 Å². The highest BCUT2D eigenvalue weighted by molar-refractivity contribution is 5.94. The molecule has 8 heteroatoms. The van der Waals surface area contributed by atoms with Crippen LogP contribution in [0.5, 0.6) is 5.75 Å². The number of allylic oxidation sites excluding steroid dienone is 1. The number of hydrogen-bond donors (Lipinski definition) is 1. The Morgan fingerprint density at radius 1 is 1.31 bits per heavy atom. The van der Waals surface area contributed by atoms with Crippen molar-refractivity contribution in [3.63, 3.8) is 0 Å². The van der Waals surface area contributed by atoms with Crippen LogP contribution in [0.3, 0.4) is 0 Å². The minimum Gasteiger partial charge on any atom is -0.495 e. The second-order valence-electron chi connectivity index (χ2n) is 9.27. The van der Waals surface area contributed by atoms with Crippen LogP contribution in [0, 0.1) is 5.92 Å². The molecule has 0 spiro atoms. The van der Waals surface area contributed by atoms with Gasteiger partial charge in [-0.3, -0.25) is 14.6 Å². The molecule has 4 unspecified atom stereocenters. The van der Waals surface area contributed by atoms with E-state index in [-0.39, 0.29) is 35.7 Å². The highest BCUT2D eigenvalue weighted by Gasteiger charge is 2.48. The van der Waals surface area contributed by atoms with Crippen LogP contribution in [0.4, 0.5) is 0 Å². The summed E-state index contributed by atoms with van der Waals surface area (Å²) >= 11 is 0. The minimum atomic E-state index is -0.202.